The molecule has 96 valence electrons. The molecule has 1 aromatic carbocycles. The van der Waals surface area contributed by atoms with Crippen LogP contribution in [-0.2, 0) is 0 Å². The number of pyridine rings is 1. The van der Waals surface area contributed by atoms with Crippen molar-refractivity contribution in [3.63, 3.8) is 0 Å². The van der Waals surface area contributed by atoms with Crippen molar-refractivity contribution in [3.05, 3.63) is 51.9 Å². The van der Waals surface area contributed by atoms with Gasteiger partial charge in [0.25, 0.3) is 5.56 Å². The highest BCUT2D eigenvalue weighted by molar-refractivity contribution is 5.66. The number of aromatic nitrogens is 1. The van der Waals surface area contributed by atoms with E-state index in [2.05, 4.69) is 10.3 Å². The molecule has 1 heterocycles. The number of H-pyrrole nitrogens is 1. The minimum atomic E-state index is -0.390. The van der Waals surface area contributed by atoms with E-state index in [0.29, 0.717) is 11.4 Å². The van der Waals surface area contributed by atoms with Gasteiger partial charge in [0.1, 0.15) is 17.4 Å². The van der Waals surface area contributed by atoms with Gasteiger partial charge in [0.2, 0.25) is 0 Å². The van der Waals surface area contributed by atoms with Crippen molar-refractivity contribution in [2.24, 2.45) is 0 Å². The van der Waals surface area contributed by atoms with E-state index < -0.39 is 5.56 Å². The molecule has 19 heavy (non-hydrogen) atoms. The molecule has 0 atom stereocenters. The highest BCUT2D eigenvalue weighted by atomic mass is 16.5. The second-order valence-corrected chi connectivity index (χ2v) is 4.04. The number of methoxy groups -OCH3 is 1. The average molecular weight is 255 g/mol. The molecule has 1 aromatic heterocycles. The van der Waals surface area contributed by atoms with E-state index in [1.807, 2.05) is 18.2 Å². The molecule has 0 spiro atoms. The van der Waals surface area contributed by atoms with Crippen LogP contribution in [0.3, 0.4) is 0 Å². The van der Waals surface area contributed by atoms with Crippen molar-refractivity contribution in [1.29, 1.82) is 5.26 Å². The standard InChI is InChI=1S/C14H13N3O2/c1-9-7-13(12(8-15)14(18)16-9)17-10-3-5-11(19-2)6-4-10/h3-7H,1-2H3,(H2,16,17,18). The van der Waals surface area contributed by atoms with Crippen LogP contribution in [0, 0.1) is 18.3 Å². The fourth-order valence-corrected chi connectivity index (χ4v) is 1.73. The van der Waals surface area contributed by atoms with Crippen LogP contribution in [-0.4, -0.2) is 12.1 Å². The molecule has 0 saturated carbocycles. The number of hydrogen-bond donors (Lipinski definition) is 2. The summed E-state index contributed by atoms with van der Waals surface area (Å²) in [5, 5.41) is 12.1. The SMILES string of the molecule is COc1ccc(Nc2cc(C)[nH]c(=O)c2C#N)cc1. The van der Waals surface area contributed by atoms with Gasteiger partial charge in [0.05, 0.1) is 12.8 Å². The van der Waals surface area contributed by atoms with Crippen LogP contribution in [0.4, 0.5) is 11.4 Å². The van der Waals surface area contributed by atoms with Gasteiger partial charge in [0, 0.05) is 11.4 Å². The van der Waals surface area contributed by atoms with E-state index in [0.717, 1.165) is 11.4 Å². The smallest absolute Gasteiger partial charge is 0.268 e. The minimum absolute atomic E-state index is 0.0708. The van der Waals surface area contributed by atoms with E-state index in [-0.39, 0.29) is 5.56 Å². The van der Waals surface area contributed by atoms with E-state index >= 15 is 0 Å². The quantitative estimate of drug-likeness (QED) is 0.882. The summed E-state index contributed by atoms with van der Waals surface area (Å²) in [4.78, 5) is 14.2. The Bertz CT molecular complexity index is 681. The zero-order valence-corrected chi connectivity index (χ0v) is 10.7. The Kier molecular flexibility index (Phi) is 3.53. The van der Waals surface area contributed by atoms with Gasteiger partial charge in [0.15, 0.2) is 0 Å². The topological polar surface area (TPSA) is 77.9 Å². The number of nitrogens with one attached hydrogen (secondary N) is 2. The first-order valence-electron chi connectivity index (χ1n) is 5.69. The van der Waals surface area contributed by atoms with Crippen molar-refractivity contribution in [2.45, 2.75) is 6.92 Å². The van der Waals surface area contributed by atoms with Gasteiger partial charge in [-0.15, -0.1) is 0 Å². The summed E-state index contributed by atoms with van der Waals surface area (Å²) < 4.78 is 5.07. The summed E-state index contributed by atoms with van der Waals surface area (Å²) in [7, 11) is 1.59. The van der Waals surface area contributed by atoms with E-state index in [9.17, 15) is 4.79 Å². The minimum Gasteiger partial charge on any atom is -0.497 e. The molecular formula is C14H13N3O2. The Morgan fingerprint density at radius 2 is 2.00 bits per heavy atom. The number of ether oxygens (including phenoxy) is 1. The first-order valence-corrected chi connectivity index (χ1v) is 5.69. The molecule has 2 aromatic rings. The molecule has 0 aliphatic carbocycles. The number of nitrogens with zero attached hydrogens (tertiary/aromatic N) is 1. The Labute approximate surface area is 110 Å². The third kappa shape index (κ3) is 2.75. The Balaban J connectivity index is 2.37. The molecule has 5 heteroatoms. The van der Waals surface area contributed by atoms with Gasteiger partial charge in [-0.2, -0.15) is 5.26 Å². The molecular weight excluding hydrogens is 242 g/mol. The third-order valence-electron chi connectivity index (χ3n) is 2.65. The molecule has 0 saturated heterocycles. The van der Waals surface area contributed by atoms with Crippen LogP contribution < -0.4 is 15.6 Å². The van der Waals surface area contributed by atoms with Gasteiger partial charge in [-0.25, -0.2) is 0 Å². The highest BCUT2D eigenvalue weighted by Crippen LogP contribution is 2.21. The van der Waals surface area contributed by atoms with Crippen LogP contribution in [0.15, 0.2) is 35.1 Å². The monoisotopic (exact) mass is 255 g/mol. The molecule has 0 aliphatic rings. The maximum Gasteiger partial charge on any atom is 0.268 e. The summed E-state index contributed by atoms with van der Waals surface area (Å²) in [5.41, 5.74) is 1.65. The van der Waals surface area contributed by atoms with Gasteiger partial charge >= 0.3 is 0 Å². The summed E-state index contributed by atoms with van der Waals surface area (Å²) in [6.45, 7) is 1.77. The fraction of sp³-hybridized carbons (Fsp3) is 0.143. The predicted molar refractivity (Wildman–Crippen MR) is 72.8 cm³/mol. The lowest BCUT2D eigenvalue weighted by Gasteiger charge is -2.09. The number of benzene rings is 1. The van der Waals surface area contributed by atoms with Crippen LogP contribution in [0.2, 0.25) is 0 Å². The number of hydrogen-bond acceptors (Lipinski definition) is 4. The number of nitriles is 1. The summed E-state index contributed by atoms with van der Waals surface area (Å²) >= 11 is 0. The molecule has 2 rings (SSSR count). The summed E-state index contributed by atoms with van der Waals surface area (Å²) in [6, 6.07) is 10.9. The summed E-state index contributed by atoms with van der Waals surface area (Å²) in [6.07, 6.45) is 0. The van der Waals surface area contributed by atoms with Gasteiger partial charge < -0.3 is 15.0 Å². The van der Waals surface area contributed by atoms with E-state index in [4.69, 9.17) is 10.00 Å². The maximum absolute atomic E-state index is 11.6. The highest BCUT2D eigenvalue weighted by Gasteiger charge is 2.08. The first-order chi connectivity index (χ1) is 9.13. The largest absolute Gasteiger partial charge is 0.497 e. The number of aromatic amines is 1. The lowest BCUT2D eigenvalue weighted by atomic mass is 10.2. The summed E-state index contributed by atoms with van der Waals surface area (Å²) in [5.74, 6) is 0.744. The van der Waals surface area contributed by atoms with E-state index in [1.54, 1.807) is 32.2 Å². The molecule has 0 unspecified atom stereocenters. The first kappa shape index (κ1) is 12.7. The molecule has 0 amide bonds. The van der Waals surface area contributed by atoms with Crippen molar-refractivity contribution in [1.82, 2.24) is 4.98 Å². The lowest BCUT2D eigenvalue weighted by Crippen LogP contribution is -2.13. The second kappa shape index (κ2) is 5.27. The second-order valence-electron chi connectivity index (χ2n) is 4.04. The van der Waals surface area contributed by atoms with Crippen LogP contribution >= 0.6 is 0 Å². The number of anilines is 2. The fourth-order valence-electron chi connectivity index (χ4n) is 1.73. The van der Waals surface area contributed by atoms with Gasteiger partial charge in [-0.3, -0.25) is 4.79 Å². The van der Waals surface area contributed by atoms with Crippen LogP contribution in [0.1, 0.15) is 11.3 Å². The molecule has 5 nitrogen and oxygen atoms in total. The lowest BCUT2D eigenvalue weighted by molar-refractivity contribution is 0.415. The van der Waals surface area contributed by atoms with Gasteiger partial charge in [-0.05, 0) is 37.3 Å². The number of rotatable bonds is 3. The molecule has 2 N–H and O–H groups in total. The van der Waals surface area contributed by atoms with Gasteiger partial charge in [-0.1, -0.05) is 0 Å². The Morgan fingerprint density at radius 1 is 1.32 bits per heavy atom. The molecule has 0 fully saturated rings. The van der Waals surface area contributed by atoms with E-state index in [1.165, 1.54) is 0 Å². The van der Waals surface area contributed by atoms with Crippen molar-refractivity contribution in [3.8, 4) is 11.8 Å². The van der Waals surface area contributed by atoms with Crippen LogP contribution in [0.5, 0.6) is 5.75 Å². The zero-order chi connectivity index (χ0) is 13.8. The van der Waals surface area contributed by atoms with Crippen molar-refractivity contribution >= 4 is 11.4 Å². The normalized spacial score (nSPS) is 9.74. The molecule has 0 radical (unpaired) electrons. The Morgan fingerprint density at radius 3 is 2.58 bits per heavy atom. The molecule has 0 bridgehead atoms. The number of aryl methyl sites for hydroxylation is 1. The van der Waals surface area contributed by atoms with Crippen molar-refractivity contribution in [2.75, 3.05) is 12.4 Å². The third-order valence-corrected chi connectivity index (χ3v) is 2.65. The predicted octanol–water partition coefficient (Wildman–Crippen LogP) is 2.31. The zero-order valence-electron chi connectivity index (χ0n) is 10.7. The molecule has 0 aliphatic heterocycles. The van der Waals surface area contributed by atoms with Crippen molar-refractivity contribution < 1.29 is 4.74 Å². The average Bonchev–Trinajstić information content (AvgIpc) is 2.39. The Hall–Kier alpha value is -2.74. The van der Waals surface area contributed by atoms with Crippen LogP contribution in [0.25, 0.3) is 0 Å². The maximum atomic E-state index is 11.6.